The van der Waals surface area contributed by atoms with Crippen LogP contribution in [0.25, 0.3) is 0 Å². The van der Waals surface area contributed by atoms with Crippen molar-refractivity contribution < 1.29 is 4.79 Å². The molecular formula is C12H17NO. The molecule has 0 unspecified atom stereocenters. The van der Waals surface area contributed by atoms with Gasteiger partial charge in [0.15, 0.2) is 0 Å². The minimum Gasteiger partial charge on any atom is -0.326 e. The van der Waals surface area contributed by atoms with Crippen LogP contribution in [0.2, 0.25) is 0 Å². The van der Waals surface area contributed by atoms with E-state index in [-0.39, 0.29) is 5.91 Å². The maximum absolute atomic E-state index is 10.9. The van der Waals surface area contributed by atoms with Gasteiger partial charge in [0.2, 0.25) is 5.91 Å². The van der Waals surface area contributed by atoms with Gasteiger partial charge in [0.1, 0.15) is 0 Å². The number of aryl methyl sites for hydroxylation is 1. The zero-order chi connectivity index (χ0) is 10.7. The Morgan fingerprint density at radius 3 is 2.50 bits per heavy atom. The molecule has 1 aromatic carbocycles. The van der Waals surface area contributed by atoms with Gasteiger partial charge in [0, 0.05) is 12.6 Å². The van der Waals surface area contributed by atoms with Gasteiger partial charge in [-0.2, -0.15) is 0 Å². The fourth-order valence-electron chi connectivity index (χ4n) is 1.54. The lowest BCUT2D eigenvalue weighted by atomic mass is 9.97. The number of rotatable bonds is 2. The molecule has 0 aliphatic carbocycles. The molecule has 0 aromatic heterocycles. The number of carbonyl (C=O) groups excluding carboxylic acids is 1. The SMILES string of the molecule is CC(=O)Nc1ccc(C)c(C(C)C)c1. The average molecular weight is 191 g/mol. The van der Waals surface area contributed by atoms with Crippen LogP contribution in [0, 0.1) is 6.92 Å². The van der Waals surface area contributed by atoms with Crippen molar-refractivity contribution >= 4 is 11.6 Å². The molecule has 14 heavy (non-hydrogen) atoms. The standard InChI is InChI=1S/C12H17NO/c1-8(2)12-7-11(13-10(4)14)6-5-9(12)3/h5-8H,1-4H3,(H,13,14). The number of hydrogen-bond acceptors (Lipinski definition) is 1. The van der Waals surface area contributed by atoms with Gasteiger partial charge in [-0.1, -0.05) is 19.9 Å². The molecule has 1 aromatic rings. The molecule has 2 heteroatoms. The summed E-state index contributed by atoms with van der Waals surface area (Å²) in [7, 11) is 0. The highest BCUT2D eigenvalue weighted by molar-refractivity contribution is 5.88. The molecule has 0 heterocycles. The highest BCUT2D eigenvalue weighted by Crippen LogP contribution is 2.22. The zero-order valence-electron chi connectivity index (χ0n) is 9.22. The van der Waals surface area contributed by atoms with Crippen LogP contribution in [0.3, 0.4) is 0 Å². The highest BCUT2D eigenvalue weighted by Gasteiger charge is 2.04. The molecule has 76 valence electrons. The summed E-state index contributed by atoms with van der Waals surface area (Å²) in [5.41, 5.74) is 3.44. The second-order valence-corrected chi connectivity index (χ2v) is 3.91. The molecule has 1 N–H and O–H groups in total. The minimum atomic E-state index is -0.0245. The van der Waals surface area contributed by atoms with Gasteiger partial charge in [-0.25, -0.2) is 0 Å². The molecule has 0 spiro atoms. The summed E-state index contributed by atoms with van der Waals surface area (Å²) in [6.07, 6.45) is 0. The molecule has 0 fully saturated rings. The third kappa shape index (κ3) is 2.59. The second kappa shape index (κ2) is 4.27. The molecule has 0 atom stereocenters. The van der Waals surface area contributed by atoms with Crippen molar-refractivity contribution in [1.82, 2.24) is 0 Å². The molecule has 0 saturated heterocycles. The van der Waals surface area contributed by atoms with Crippen molar-refractivity contribution in [2.75, 3.05) is 5.32 Å². The highest BCUT2D eigenvalue weighted by atomic mass is 16.1. The lowest BCUT2D eigenvalue weighted by Gasteiger charge is -2.11. The molecule has 1 amide bonds. The fourth-order valence-corrected chi connectivity index (χ4v) is 1.54. The number of benzene rings is 1. The Kier molecular flexibility index (Phi) is 3.28. The van der Waals surface area contributed by atoms with Crippen LogP contribution in [-0.4, -0.2) is 5.91 Å². The van der Waals surface area contributed by atoms with E-state index in [4.69, 9.17) is 0 Å². The predicted molar refractivity (Wildman–Crippen MR) is 59.6 cm³/mol. The second-order valence-electron chi connectivity index (χ2n) is 3.91. The smallest absolute Gasteiger partial charge is 0.221 e. The molecular weight excluding hydrogens is 174 g/mol. The molecule has 0 saturated carbocycles. The van der Waals surface area contributed by atoms with E-state index in [0.717, 1.165) is 5.69 Å². The molecule has 0 aliphatic heterocycles. The zero-order valence-corrected chi connectivity index (χ0v) is 9.22. The summed E-state index contributed by atoms with van der Waals surface area (Å²) < 4.78 is 0. The third-order valence-electron chi connectivity index (χ3n) is 2.22. The van der Waals surface area contributed by atoms with Crippen LogP contribution in [0.4, 0.5) is 5.69 Å². The first kappa shape index (κ1) is 10.8. The van der Waals surface area contributed by atoms with E-state index in [2.05, 4.69) is 26.1 Å². The van der Waals surface area contributed by atoms with Crippen LogP contribution in [-0.2, 0) is 4.79 Å². The Bertz CT molecular complexity index is 342. The summed E-state index contributed by atoms with van der Waals surface area (Å²) in [5.74, 6) is 0.465. The van der Waals surface area contributed by atoms with Gasteiger partial charge < -0.3 is 5.32 Å². The van der Waals surface area contributed by atoms with E-state index in [0.29, 0.717) is 5.92 Å². The number of amides is 1. The van der Waals surface area contributed by atoms with E-state index in [1.54, 1.807) is 0 Å². The normalized spacial score (nSPS) is 10.4. The summed E-state index contributed by atoms with van der Waals surface area (Å²) in [6, 6.07) is 6.02. The van der Waals surface area contributed by atoms with E-state index < -0.39 is 0 Å². The van der Waals surface area contributed by atoms with Gasteiger partial charge in [0.05, 0.1) is 0 Å². The van der Waals surface area contributed by atoms with Crippen LogP contribution in [0.15, 0.2) is 18.2 Å². The van der Waals surface area contributed by atoms with Gasteiger partial charge in [-0.05, 0) is 36.1 Å². The number of anilines is 1. The van der Waals surface area contributed by atoms with E-state index >= 15 is 0 Å². The molecule has 1 rings (SSSR count). The predicted octanol–water partition coefficient (Wildman–Crippen LogP) is 3.08. The maximum Gasteiger partial charge on any atom is 0.221 e. The summed E-state index contributed by atoms with van der Waals surface area (Å²) >= 11 is 0. The van der Waals surface area contributed by atoms with E-state index in [1.165, 1.54) is 18.1 Å². The van der Waals surface area contributed by atoms with Crippen LogP contribution in [0.5, 0.6) is 0 Å². The van der Waals surface area contributed by atoms with Crippen LogP contribution in [0.1, 0.15) is 37.8 Å². The average Bonchev–Trinajstić information content (AvgIpc) is 2.07. The van der Waals surface area contributed by atoms with E-state index in [9.17, 15) is 4.79 Å². The summed E-state index contributed by atoms with van der Waals surface area (Å²) in [4.78, 5) is 10.9. The first-order valence-corrected chi connectivity index (χ1v) is 4.89. The Morgan fingerprint density at radius 2 is 2.00 bits per heavy atom. The van der Waals surface area contributed by atoms with Crippen molar-refractivity contribution in [2.45, 2.75) is 33.6 Å². The Balaban J connectivity index is 3.00. The monoisotopic (exact) mass is 191 g/mol. The van der Waals surface area contributed by atoms with Crippen molar-refractivity contribution in [3.8, 4) is 0 Å². The van der Waals surface area contributed by atoms with Crippen molar-refractivity contribution in [1.29, 1.82) is 0 Å². The van der Waals surface area contributed by atoms with Crippen LogP contribution < -0.4 is 5.32 Å². The number of nitrogens with one attached hydrogen (secondary N) is 1. The van der Waals surface area contributed by atoms with Gasteiger partial charge in [0.25, 0.3) is 0 Å². The minimum absolute atomic E-state index is 0.0245. The van der Waals surface area contributed by atoms with Gasteiger partial charge in [-0.3, -0.25) is 4.79 Å². The molecule has 2 nitrogen and oxygen atoms in total. The van der Waals surface area contributed by atoms with Crippen molar-refractivity contribution in [2.24, 2.45) is 0 Å². The quantitative estimate of drug-likeness (QED) is 0.764. The first-order valence-electron chi connectivity index (χ1n) is 4.89. The number of carbonyl (C=O) groups is 1. The van der Waals surface area contributed by atoms with E-state index in [1.807, 2.05) is 18.2 Å². The lowest BCUT2D eigenvalue weighted by Crippen LogP contribution is -2.06. The van der Waals surface area contributed by atoms with Crippen LogP contribution >= 0.6 is 0 Å². The summed E-state index contributed by atoms with van der Waals surface area (Å²) in [5, 5.41) is 2.79. The Labute approximate surface area is 85.3 Å². The fraction of sp³-hybridized carbons (Fsp3) is 0.417. The van der Waals surface area contributed by atoms with Crippen molar-refractivity contribution in [3.05, 3.63) is 29.3 Å². The molecule has 0 radical (unpaired) electrons. The molecule has 0 bridgehead atoms. The lowest BCUT2D eigenvalue weighted by molar-refractivity contribution is -0.114. The summed E-state index contributed by atoms with van der Waals surface area (Å²) in [6.45, 7) is 7.92. The van der Waals surface area contributed by atoms with Gasteiger partial charge >= 0.3 is 0 Å². The number of hydrogen-bond donors (Lipinski definition) is 1. The largest absolute Gasteiger partial charge is 0.326 e. The maximum atomic E-state index is 10.9. The molecule has 0 aliphatic rings. The van der Waals surface area contributed by atoms with Crippen molar-refractivity contribution in [3.63, 3.8) is 0 Å². The first-order chi connectivity index (χ1) is 6.50. The Morgan fingerprint density at radius 1 is 1.36 bits per heavy atom. The topological polar surface area (TPSA) is 29.1 Å². The third-order valence-corrected chi connectivity index (χ3v) is 2.22. The van der Waals surface area contributed by atoms with Gasteiger partial charge in [-0.15, -0.1) is 0 Å². The Hall–Kier alpha value is -1.31.